The molecule has 0 bridgehead atoms. The first-order valence-corrected chi connectivity index (χ1v) is 12.6. The minimum atomic E-state index is 0.472. The predicted octanol–water partition coefficient (Wildman–Crippen LogP) is 7.22. The minimum absolute atomic E-state index is 0.472. The van der Waals surface area contributed by atoms with Gasteiger partial charge in [0.15, 0.2) is 0 Å². The van der Waals surface area contributed by atoms with Gasteiger partial charge in [0.2, 0.25) is 17.8 Å². The molecule has 0 radical (unpaired) electrons. The van der Waals surface area contributed by atoms with Crippen molar-refractivity contribution in [3.63, 3.8) is 0 Å². The lowest BCUT2D eigenvalue weighted by atomic mass is 10.0. The van der Waals surface area contributed by atoms with E-state index in [1.165, 1.54) is 5.56 Å². The van der Waals surface area contributed by atoms with Crippen LogP contribution in [0.25, 0.3) is 10.9 Å². The van der Waals surface area contributed by atoms with Crippen LogP contribution < -0.4 is 16.0 Å². The summed E-state index contributed by atoms with van der Waals surface area (Å²) in [7, 11) is 0. The molecule has 0 aliphatic heterocycles. The molecule has 0 unspecified atom stereocenters. The predicted molar refractivity (Wildman–Crippen MR) is 152 cm³/mol. The van der Waals surface area contributed by atoms with Gasteiger partial charge in [-0.25, -0.2) is 0 Å². The van der Waals surface area contributed by atoms with Gasteiger partial charge in [-0.2, -0.15) is 15.0 Å². The number of para-hydroxylation sites is 2. The fourth-order valence-corrected chi connectivity index (χ4v) is 4.28. The lowest BCUT2D eigenvalue weighted by Gasteiger charge is -2.13. The van der Waals surface area contributed by atoms with E-state index >= 15 is 0 Å². The van der Waals surface area contributed by atoms with Crippen LogP contribution in [0.3, 0.4) is 0 Å². The van der Waals surface area contributed by atoms with Crippen LogP contribution >= 0.6 is 11.6 Å². The quantitative estimate of drug-likeness (QED) is 0.181. The van der Waals surface area contributed by atoms with Crippen molar-refractivity contribution in [1.82, 2.24) is 19.9 Å². The maximum Gasteiger partial charge on any atom is 0.233 e. The maximum absolute atomic E-state index is 6.13. The van der Waals surface area contributed by atoms with Gasteiger partial charge in [0.25, 0.3) is 0 Å². The van der Waals surface area contributed by atoms with E-state index in [2.05, 4.69) is 42.0 Å². The highest BCUT2D eigenvalue weighted by Gasteiger charge is 2.10. The number of aromatic nitrogens is 4. The largest absolute Gasteiger partial charge is 0.354 e. The fraction of sp³-hybridized carbons (Fsp3) is 0.172. The smallest absolute Gasteiger partial charge is 0.233 e. The van der Waals surface area contributed by atoms with E-state index in [0.29, 0.717) is 29.4 Å². The van der Waals surface area contributed by atoms with Crippen LogP contribution in [-0.2, 0) is 6.42 Å². The first-order valence-electron chi connectivity index (χ1n) is 12.2. The molecule has 8 heteroatoms. The van der Waals surface area contributed by atoms with Crippen LogP contribution in [0.5, 0.6) is 0 Å². The number of pyridine rings is 1. The molecule has 186 valence electrons. The molecule has 0 saturated heterocycles. The van der Waals surface area contributed by atoms with Crippen LogP contribution in [0, 0.1) is 13.8 Å². The number of halogens is 1. The number of nitrogens with one attached hydrogen (secondary N) is 3. The number of fused-ring (bicyclic) bond motifs is 1. The second kappa shape index (κ2) is 11.2. The molecule has 0 aliphatic rings. The zero-order valence-electron chi connectivity index (χ0n) is 20.8. The van der Waals surface area contributed by atoms with E-state index in [1.807, 2.05) is 86.8 Å². The van der Waals surface area contributed by atoms with Crippen LogP contribution in [0.4, 0.5) is 29.2 Å². The van der Waals surface area contributed by atoms with Crippen LogP contribution in [-0.4, -0.2) is 26.5 Å². The molecule has 0 amide bonds. The second-order valence-corrected chi connectivity index (χ2v) is 9.28. The van der Waals surface area contributed by atoms with E-state index in [1.54, 1.807) is 0 Å². The SMILES string of the molecule is Cc1ccccc1Nc1nc(NCCCc2ccnc3cc(Cl)ccc23)nc(Nc2ccccc2C)n1. The highest BCUT2D eigenvalue weighted by Crippen LogP contribution is 2.24. The average molecular weight is 510 g/mol. The van der Waals surface area contributed by atoms with Gasteiger partial charge in [-0.05, 0) is 73.7 Å². The van der Waals surface area contributed by atoms with Gasteiger partial charge >= 0.3 is 0 Å². The Labute approximate surface area is 221 Å². The number of benzene rings is 3. The minimum Gasteiger partial charge on any atom is -0.354 e. The Balaban J connectivity index is 1.32. The standard InChI is InChI=1S/C29H28ClN7/c1-19-8-3-5-11-24(19)33-28-35-27(36-29(37-28)34-25-12-6-4-9-20(25)2)32-16-7-10-21-15-17-31-26-18-22(30)13-14-23(21)26/h3-6,8-9,11-15,17-18H,7,10,16H2,1-2H3,(H3,32,33,34,35,36,37). The first-order chi connectivity index (χ1) is 18.0. The first kappa shape index (κ1) is 24.5. The van der Waals surface area contributed by atoms with Gasteiger partial charge in [-0.15, -0.1) is 0 Å². The summed E-state index contributed by atoms with van der Waals surface area (Å²) < 4.78 is 0. The van der Waals surface area contributed by atoms with Crippen LogP contribution in [0.2, 0.25) is 5.02 Å². The second-order valence-electron chi connectivity index (χ2n) is 8.85. The zero-order valence-corrected chi connectivity index (χ0v) is 21.5. The normalized spacial score (nSPS) is 10.9. The van der Waals surface area contributed by atoms with Crippen molar-refractivity contribution in [3.8, 4) is 0 Å². The van der Waals surface area contributed by atoms with Crippen molar-refractivity contribution in [2.24, 2.45) is 0 Å². The summed E-state index contributed by atoms with van der Waals surface area (Å²) in [6, 6.07) is 24.0. The van der Waals surface area contributed by atoms with E-state index in [4.69, 9.17) is 11.6 Å². The molecule has 0 saturated carbocycles. The van der Waals surface area contributed by atoms with Crippen molar-refractivity contribution in [3.05, 3.63) is 101 Å². The van der Waals surface area contributed by atoms with Crippen molar-refractivity contribution in [1.29, 1.82) is 0 Å². The molecule has 7 nitrogen and oxygen atoms in total. The van der Waals surface area contributed by atoms with Gasteiger partial charge in [0.1, 0.15) is 0 Å². The summed E-state index contributed by atoms with van der Waals surface area (Å²) in [6.07, 6.45) is 3.62. The lowest BCUT2D eigenvalue weighted by molar-refractivity contribution is 0.854. The third-order valence-electron chi connectivity index (χ3n) is 6.12. The molecule has 0 atom stereocenters. The van der Waals surface area contributed by atoms with Gasteiger partial charge in [-0.3, -0.25) is 4.98 Å². The zero-order chi connectivity index (χ0) is 25.6. The highest BCUT2D eigenvalue weighted by molar-refractivity contribution is 6.31. The summed E-state index contributed by atoms with van der Waals surface area (Å²) >= 11 is 6.13. The molecule has 37 heavy (non-hydrogen) atoms. The molecular weight excluding hydrogens is 482 g/mol. The lowest BCUT2D eigenvalue weighted by Crippen LogP contribution is -2.11. The molecule has 0 aliphatic carbocycles. The molecule has 2 aromatic heterocycles. The van der Waals surface area contributed by atoms with Crippen molar-refractivity contribution in [2.75, 3.05) is 22.5 Å². The van der Waals surface area contributed by atoms with Gasteiger partial charge < -0.3 is 16.0 Å². The summed E-state index contributed by atoms with van der Waals surface area (Å²) in [5.41, 5.74) is 6.27. The highest BCUT2D eigenvalue weighted by atomic mass is 35.5. The topological polar surface area (TPSA) is 87.7 Å². The summed E-state index contributed by atoms with van der Waals surface area (Å²) in [5.74, 6) is 1.45. The van der Waals surface area contributed by atoms with E-state index in [9.17, 15) is 0 Å². The number of hydrogen-bond acceptors (Lipinski definition) is 7. The molecule has 0 spiro atoms. The van der Waals surface area contributed by atoms with Crippen molar-refractivity contribution in [2.45, 2.75) is 26.7 Å². The molecule has 2 heterocycles. The third-order valence-corrected chi connectivity index (χ3v) is 6.35. The molecule has 5 aromatic rings. The number of nitrogens with zero attached hydrogens (tertiary/aromatic N) is 4. The summed E-state index contributed by atoms with van der Waals surface area (Å²) in [5, 5.41) is 11.9. The Kier molecular flexibility index (Phi) is 7.42. The number of hydrogen-bond donors (Lipinski definition) is 3. The van der Waals surface area contributed by atoms with E-state index in [-0.39, 0.29) is 0 Å². The monoisotopic (exact) mass is 509 g/mol. The Morgan fingerprint density at radius 2 is 1.35 bits per heavy atom. The van der Waals surface area contributed by atoms with Crippen molar-refractivity contribution < 1.29 is 0 Å². The Morgan fingerprint density at radius 1 is 0.730 bits per heavy atom. The third kappa shape index (κ3) is 6.13. The average Bonchev–Trinajstić information content (AvgIpc) is 2.89. The number of anilines is 5. The molecule has 0 fully saturated rings. The van der Waals surface area contributed by atoms with Gasteiger partial charge in [0.05, 0.1) is 5.52 Å². The number of rotatable bonds is 9. The van der Waals surface area contributed by atoms with Crippen LogP contribution in [0.15, 0.2) is 79.0 Å². The van der Waals surface area contributed by atoms with Gasteiger partial charge in [-0.1, -0.05) is 54.1 Å². The molecule has 5 rings (SSSR count). The maximum atomic E-state index is 6.13. The summed E-state index contributed by atoms with van der Waals surface area (Å²) in [4.78, 5) is 18.3. The molecular formula is C29H28ClN7. The molecule has 3 aromatic carbocycles. The fourth-order valence-electron chi connectivity index (χ4n) is 4.11. The van der Waals surface area contributed by atoms with E-state index < -0.39 is 0 Å². The summed E-state index contributed by atoms with van der Waals surface area (Å²) in [6.45, 7) is 4.80. The van der Waals surface area contributed by atoms with Crippen molar-refractivity contribution >= 4 is 51.7 Å². The van der Waals surface area contributed by atoms with Crippen LogP contribution in [0.1, 0.15) is 23.1 Å². The number of aryl methyl sites for hydroxylation is 3. The molecule has 3 N–H and O–H groups in total. The Hall–Kier alpha value is -4.23. The Morgan fingerprint density at radius 3 is 2.00 bits per heavy atom. The Bertz CT molecular complexity index is 1470. The van der Waals surface area contributed by atoms with Gasteiger partial charge in [0, 0.05) is 34.5 Å². The van der Waals surface area contributed by atoms with E-state index in [0.717, 1.165) is 46.2 Å².